The highest BCUT2D eigenvalue weighted by molar-refractivity contribution is 4.99. The van der Waals surface area contributed by atoms with E-state index in [0.29, 0.717) is 5.41 Å². The van der Waals surface area contributed by atoms with Gasteiger partial charge in [-0.3, -0.25) is 0 Å². The van der Waals surface area contributed by atoms with E-state index in [0.717, 1.165) is 23.7 Å². The fourth-order valence-electron chi connectivity index (χ4n) is 3.37. The molecule has 76 valence electrons. The standard InChI is InChI=1S/C13H24/c1-9-5-6-10(7-9)11-8-12(11)13(2,3)4/h9-12H,5-8H2,1-4H3. The minimum absolute atomic E-state index is 0.580. The molecule has 2 fully saturated rings. The molecule has 4 unspecified atom stereocenters. The normalized spacial score (nSPS) is 45.2. The Morgan fingerprint density at radius 1 is 1.00 bits per heavy atom. The average molecular weight is 180 g/mol. The summed E-state index contributed by atoms with van der Waals surface area (Å²) in [5.74, 6) is 4.26. The summed E-state index contributed by atoms with van der Waals surface area (Å²) in [6.07, 6.45) is 6.08. The van der Waals surface area contributed by atoms with Gasteiger partial charge in [0, 0.05) is 0 Å². The van der Waals surface area contributed by atoms with Gasteiger partial charge in [0.15, 0.2) is 0 Å². The zero-order valence-electron chi connectivity index (χ0n) is 9.64. The van der Waals surface area contributed by atoms with Gasteiger partial charge in [-0.25, -0.2) is 0 Å². The maximum Gasteiger partial charge on any atom is -0.0331 e. The van der Waals surface area contributed by atoms with E-state index in [-0.39, 0.29) is 0 Å². The molecule has 2 aliphatic rings. The fraction of sp³-hybridized carbons (Fsp3) is 1.00. The zero-order chi connectivity index (χ0) is 9.64. The van der Waals surface area contributed by atoms with E-state index in [2.05, 4.69) is 27.7 Å². The van der Waals surface area contributed by atoms with Gasteiger partial charge >= 0.3 is 0 Å². The van der Waals surface area contributed by atoms with Crippen molar-refractivity contribution < 1.29 is 0 Å². The second kappa shape index (κ2) is 3.00. The van der Waals surface area contributed by atoms with Crippen LogP contribution in [-0.4, -0.2) is 0 Å². The summed E-state index contributed by atoms with van der Waals surface area (Å²) in [5.41, 5.74) is 0.580. The third-order valence-corrected chi connectivity index (χ3v) is 4.29. The van der Waals surface area contributed by atoms with Gasteiger partial charge < -0.3 is 0 Å². The van der Waals surface area contributed by atoms with Crippen LogP contribution in [0.4, 0.5) is 0 Å². The van der Waals surface area contributed by atoms with E-state index < -0.39 is 0 Å². The lowest BCUT2D eigenvalue weighted by Crippen LogP contribution is -2.12. The number of hydrogen-bond donors (Lipinski definition) is 0. The molecular formula is C13H24. The smallest absolute Gasteiger partial charge is 0.0331 e. The highest BCUT2D eigenvalue weighted by Gasteiger charge is 2.49. The van der Waals surface area contributed by atoms with E-state index in [1.54, 1.807) is 0 Å². The van der Waals surface area contributed by atoms with Crippen LogP contribution in [0.15, 0.2) is 0 Å². The Morgan fingerprint density at radius 2 is 1.69 bits per heavy atom. The molecule has 2 rings (SSSR count). The van der Waals surface area contributed by atoms with Gasteiger partial charge in [0.25, 0.3) is 0 Å². The van der Waals surface area contributed by atoms with Crippen molar-refractivity contribution in [2.45, 2.75) is 53.4 Å². The molecule has 0 radical (unpaired) electrons. The van der Waals surface area contributed by atoms with Gasteiger partial charge in [0.1, 0.15) is 0 Å². The largest absolute Gasteiger partial charge is 0.0625 e. The van der Waals surface area contributed by atoms with Crippen LogP contribution < -0.4 is 0 Å². The molecule has 0 bridgehead atoms. The van der Waals surface area contributed by atoms with Gasteiger partial charge in [-0.2, -0.15) is 0 Å². The molecule has 0 heteroatoms. The minimum Gasteiger partial charge on any atom is -0.0625 e. The molecule has 0 spiro atoms. The third kappa shape index (κ3) is 1.92. The molecule has 0 aromatic carbocycles. The van der Waals surface area contributed by atoms with E-state index in [1.165, 1.54) is 25.7 Å². The van der Waals surface area contributed by atoms with E-state index in [4.69, 9.17) is 0 Å². The van der Waals surface area contributed by atoms with Crippen LogP contribution in [0.2, 0.25) is 0 Å². The van der Waals surface area contributed by atoms with Crippen molar-refractivity contribution in [3.05, 3.63) is 0 Å². The quantitative estimate of drug-likeness (QED) is 0.570. The van der Waals surface area contributed by atoms with Crippen LogP contribution in [0.5, 0.6) is 0 Å². The van der Waals surface area contributed by atoms with Crippen LogP contribution >= 0.6 is 0 Å². The second-order valence-electron chi connectivity index (χ2n) is 6.55. The monoisotopic (exact) mass is 180 g/mol. The van der Waals surface area contributed by atoms with Crippen LogP contribution in [-0.2, 0) is 0 Å². The molecule has 0 nitrogen and oxygen atoms in total. The molecule has 2 aliphatic carbocycles. The molecule has 0 aromatic rings. The van der Waals surface area contributed by atoms with Crippen molar-refractivity contribution in [1.82, 2.24) is 0 Å². The molecule has 0 amide bonds. The van der Waals surface area contributed by atoms with Crippen molar-refractivity contribution in [3.8, 4) is 0 Å². The van der Waals surface area contributed by atoms with Gasteiger partial charge in [-0.15, -0.1) is 0 Å². The van der Waals surface area contributed by atoms with Crippen LogP contribution in [0.3, 0.4) is 0 Å². The molecule has 0 aromatic heterocycles. The summed E-state index contributed by atoms with van der Waals surface area (Å²) in [7, 11) is 0. The van der Waals surface area contributed by atoms with Gasteiger partial charge in [-0.1, -0.05) is 34.1 Å². The maximum absolute atomic E-state index is 2.43. The molecule has 0 saturated heterocycles. The highest BCUT2D eigenvalue weighted by Crippen LogP contribution is 2.58. The molecular weight excluding hydrogens is 156 g/mol. The summed E-state index contributed by atoms with van der Waals surface area (Å²) < 4.78 is 0. The Bertz CT molecular complexity index is 187. The van der Waals surface area contributed by atoms with Crippen LogP contribution in [0.25, 0.3) is 0 Å². The average Bonchev–Trinajstić information content (AvgIpc) is 2.69. The molecule has 13 heavy (non-hydrogen) atoms. The predicted molar refractivity (Wildman–Crippen MR) is 57.6 cm³/mol. The van der Waals surface area contributed by atoms with Crippen molar-refractivity contribution in [2.75, 3.05) is 0 Å². The molecule has 2 saturated carbocycles. The van der Waals surface area contributed by atoms with Crippen molar-refractivity contribution in [3.63, 3.8) is 0 Å². The van der Waals surface area contributed by atoms with Crippen LogP contribution in [0.1, 0.15) is 53.4 Å². The van der Waals surface area contributed by atoms with Gasteiger partial charge in [0.05, 0.1) is 0 Å². The van der Waals surface area contributed by atoms with Gasteiger partial charge in [0.2, 0.25) is 0 Å². The zero-order valence-corrected chi connectivity index (χ0v) is 9.64. The lowest BCUT2D eigenvalue weighted by atomic mass is 9.85. The summed E-state index contributed by atoms with van der Waals surface area (Å²) in [4.78, 5) is 0. The first kappa shape index (κ1) is 9.55. The molecule has 0 aliphatic heterocycles. The first-order chi connectivity index (χ1) is 5.98. The Labute approximate surface area is 83.1 Å². The lowest BCUT2D eigenvalue weighted by Gasteiger charge is -2.20. The second-order valence-corrected chi connectivity index (χ2v) is 6.55. The van der Waals surface area contributed by atoms with Crippen molar-refractivity contribution >= 4 is 0 Å². The Kier molecular flexibility index (Phi) is 2.20. The third-order valence-electron chi connectivity index (χ3n) is 4.29. The van der Waals surface area contributed by atoms with Crippen LogP contribution in [0, 0.1) is 29.1 Å². The Hall–Kier alpha value is 0. The first-order valence-electron chi connectivity index (χ1n) is 5.98. The van der Waals surface area contributed by atoms with E-state index in [9.17, 15) is 0 Å². The summed E-state index contributed by atoms with van der Waals surface area (Å²) in [6, 6.07) is 0. The van der Waals surface area contributed by atoms with Gasteiger partial charge in [-0.05, 0) is 48.3 Å². The fourth-order valence-corrected chi connectivity index (χ4v) is 3.37. The van der Waals surface area contributed by atoms with Crippen molar-refractivity contribution in [2.24, 2.45) is 29.1 Å². The predicted octanol–water partition coefficient (Wildman–Crippen LogP) is 4.10. The minimum atomic E-state index is 0.580. The number of hydrogen-bond acceptors (Lipinski definition) is 0. The van der Waals surface area contributed by atoms with Crippen molar-refractivity contribution in [1.29, 1.82) is 0 Å². The summed E-state index contributed by atoms with van der Waals surface area (Å²) in [5, 5.41) is 0. The highest BCUT2D eigenvalue weighted by atomic mass is 14.5. The van der Waals surface area contributed by atoms with E-state index in [1.807, 2.05) is 0 Å². The summed E-state index contributed by atoms with van der Waals surface area (Å²) in [6.45, 7) is 9.66. The van der Waals surface area contributed by atoms with E-state index >= 15 is 0 Å². The molecule has 4 atom stereocenters. The Balaban J connectivity index is 1.86. The first-order valence-corrected chi connectivity index (χ1v) is 5.98. The lowest BCUT2D eigenvalue weighted by molar-refractivity contribution is 0.296. The SMILES string of the molecule is CC1CCC(C2CC2C(C)(C)C)C1. The Morgan fingerprint density at radius 3 is 2.08 bits per heavy atom. The number of rotatable bonds is 1. The maximum atomic E-state index is 2.43. The molecule has 0 heterocycles. The molecule has 0 N–H and O–H groups in total. The topological polar surface area (TPSA) is 0 Å². The summed E-state index contributed by atoms with van der Waals surface area (Å²) >= 11 is 0.